The van der Waals surface area contributed by atoms with E-state index in [4.69, 9.17) is 16.0 Å². The van der Waals surface area contributed by atoms with Crippen LogP contribution in [0.15, 0.2) is 28.9 Å². The maximum Gasteiger partial charge on any atom is 0.143 e. The van der Waals surface area contributed by atoms with Crippen molar-refractivity contribution in [3.8, 4) is 0 Å². The SMILES string of the molecule is CC1CC(c2cc(F)c(Cl)c3ccoc23)=CCN1.Cl. The molecule has 102 valence electrons. The summed E-state index contributed by atoms with van der Waals surface area (Å²) in [5, 5.41) is 4.09. The molecule has 1 aromatic heterocycles. The van der Waals surface area contributed by atoms with Gasteiger partial charge in [0.15, 0.2) is 0 Å². The van der Waals surface area contributed by atoms with Crippen LogP contribution in [0, 0.1) is 5.82 Å². The molecule has 0 spiro atoms. The van der Waals surface area contributed by atoms with Crippen molar-refractivity contribution >= 4 is 40.6 Å². The molecular formula is C14H14Cl2FNO. The lowest BCUT2D eigenvalue weighted by molar-refractivity contribution is 0.576. The summed E-state index contributed by atoms with van der Waals surface area (Å²) in [6.07, 6.45) is 4.48. The number of furan rings is 1. The van der Waals surface area contributed by atoms with Crippen molar-refractivity contribution in [1.82, 2.24) is 5.32 Å². The fraction of sp³-hybridized carbons (Fsp3) is 0.286. The Morgan fingerprint density at radius 2 is 2.26 bits per heavy atom. The van der Waals surface area contributed by atoms with Crippen LogP contribution in [-0.4, -0.2) is 12.6 Å². The topological polar surface area (TPSA) is 25.2 Å². The molecule has 2 aromatic rings. The molecule has 1 aromatic carbocycles. The first-order valence-corrected chi connectivity index (χ1v) is 6.32. The highest BCUT2D eigenvalue weighted by molar-refractivity contribution is 6.35. The lowest BCUT2D eigenvalue weighted by atomic mass is 9.95. The van der Waals surface area contributed by atoms with Gasteiger partial charge in [-0.3, -0.25) is 0 Å². The van der Waals surface area contributed by atoms with Crippen molar-refractivity contribution < 1.29 is 8.81 Å². The fourth-order valence-electron chi connectivity index (χ4n) is 2.40. The van der Waals surface area contributed by atoms with E-state index < -0.39 is 5.82 Å². The molecule has 0 bridgehead atoms. The molecule has 0 amide bonds. The van der Waals surface area contributed by atoms with Gasteiger partial charge in [-0.25, -0.2) is 4.39 Å². The molecule has 0 aliphatic carbocycles. The molecule has 1 aliphatic rings. The highest BCUT2D eigenvalue weighted by atomic mass is 35.5. The molecule has 0 fully saturated rings. The van der Waals surface area contributed by atoms with Gasteiger partial charge in [0.1, 0.15) is 11.4 Å². The Labute approximate surface area is 122 Å². The van der Waals surface area contributed by atoms with Crippen LogP contribution in [0.25, 0.3) is 16.5 Å². The minimum Gasteiger partial charge on any atom is -0.464 e. The first-order valence-electron chi connectivity index (χ1n) is 5.95. The molecule has 19 heavy (non-hydrogen) atoms. The summed E-state index contributed by atoms with van der Waals surface area (Å²) in [6, 6.07) is 3.56. The summed E-state index contributed by atoms with van der Waals surface area (Å²) in [6.45, 7) is 2.90. The summed E-state index contributed by atoms with van der Waals surface area (Å²) in [4.78, 5) is 0. The third-order valence-electron chi connectivity index (χ3n) is 3.31. The maximum atomic E-state index is 13.8. The number of halogens is 3. The van der Waals surface area contributed by atoms with Crippen molar-refractivity contribution in [3.63, 3.8) is 0 Å². The van der Waals surface area contributed by atoms with E-state index in [0.717, 1.165) is 24.1 Å². The Hall–Kier alpha value is -1.03. The normalized spacial score (nSPS) is 19.1. The summed E-state index contributed by atoms with van der Waals surface area (Å²) in [7, 11) is 0. The second kappa shape index (κ2) is 5.53. The number of hydrogen-bond acceptors (Lipinski definition) is 2. The van der Waals surface area contributed by atoms with E-state index in [1.807, 2.05) is 0 Å². The minimum absolute atomic E-state index is 0. The Bertz CT molecular complexity index is 636. The van der Waals surface area contributed by atoms with E-state index in [-0.39, 0.29) is 17.4 Å². The predicted octanol–water partition coefficient (Wildman–Crippen LogP) is 4.41. The molecule has 1 aliphatic heterocycles. The van der Waals surface area contributed by atoms with E-state index >= 15 is 0 Å². The Morgan fingerprint density at radius 3 is 3.00 bits per heavy atom. The van der Waals surface area contributed by atoms with Crippen LogP contribution in [0.4, 0.5) is 4.39 Å². The standard InChI is InChI=1S/C14H13ClFNO.ClH/c1-8-6-9(2-4-17-8)11-7-12(16)13(15)10-3-5-18-14(10)11;/h2-3,5,7-8,17H,4,6H2,1H3;1H. The predicted molar refractivity (Wildman–Crippen MR) is 78.5 cm³/mol. The molecule has 0 radical (unpaired) electrons. The second-order valence-electron chi connectivity index (χ2n) is 4.63. The first kappa shape index (κ1) is 14.4. The summed E-state index contributed by atoms with van der Waals surface area (Å²) in [5.41, 5.74) is 2.59. The molecule has 2 heterocycles. The molecule has 0 saturated heterocycles. The van der Waals surface area contributed by atoms with Crippen LogP contribution < -0.4 is 5.32 Å². The van der Waals surface area contributed by atoms with Gasteiger partial charge in [-0.05, 0) is 31.1 Å². The van der Waals surface area contributed by atoms with Gasteiger partial charge in [0.25, 0.3) is 0 Å². The number of benzene rings is 1. The van der Waals surface area contributed by atoms with E-state index in [2.05, 4.69) is 18.3 Å². The summed E-state index contributed by atoms with van der Waals surface area (Å²) >= 11 is 5.94. The van der Waals surface area contributed by atoms with Crippen LogP contribution in [0.5, 0.6) is 0 Å². The zero-order valence-electron chi connectivity index (χ0n) is 10.4. The third kappa shape index (κ3) is 2.50. The molecule has 1 atom stereocenters. The molecule has 3 rings (SSSR count). The second-order valence-corrected chi connectivity index (χ2v) is 5.00. The van der Waals surface area contributed by atoms with Crippen molar-refractivity contribution in [2.24, 2.45) is 0 Å². The lowest BCUT2D eigenvalue weighted by Gasteiger charge is -2.21. The van der Waals surface area contributed by atoms with Crippen LogP contribution in [0.2, 0.25) is 5.02 Å². The highest BCUT2D eigenvalue weighted by Crippen LogP contribution is 2.35. The lowest BCUT2D eigenvalue weighted by Crippen LogP contribution is -2.29. The third-order valence-corrected chi connectivity index (χ3v) is 3.70. The largest absolute Gasteiger partial charge is 0.464 e. The summed E-state index contributed by atoms with van der Waals surface area (Å²) < 4.78 is 19.3. The van der Waals surface area contributed by atoms with Gasteiger partial charge in [0.2, 0.25) is 0 Å². The van der Waals surface area contributed by atoms with Crippen LogP contribution >= 0.6 is 24.0 Å². The van der Waals surface area contributed by atoms with Gasteiger partial charge in [-0.1, -0.05) is 17.7 Å². The van der Waals surface area contributed by atoms with E-state index in [1.54, 1.807) is 12.3 Å². The zero-order chi connectivity index (χ0) is 12.7. The fourth-order valence-corrected chi connectivity index (χ4v) is 2.61. The minimum atomic E-state index is -0.396. The van der Waals surface area contributed by atoms with Crippen LogP contribution in [0.3, 0.4) is 0 Å². The van der Waals surface area contributed by atoms with E-state index in [9.17, 15) is 4.39 Å². The van der Waals surface area contributed by atoms with E-state index in [0.29, 0.717) is 17.0 Å². The van der Waals surface area contributed by atoms with E-state index in [1.165, 1.54) is 6.07 Å². The molecular weight excluding hydrogens is 288 g/mol. The monoisotopic (exact) mass is 301 g/mol. The molecule has 2 nitrogen and oxygen atoms in total. The molecule has 5 heteroatoms. The zero-order valence-corrected chi connectivity index (χ0v) is 11.9. The first-order chi connectivity index (χ1) is 8.66. The van der Waals surface area contributed by atoms with Crippen molar-refractivity contribution in [2.75, 3.05) is 6.54 Å². The Morgan fingerprint density at radius 1 is 1.47 bits per heavy atom. The summed E-state index contributed by atoms with van der Waals surface area (Å²) in [5.74, 6) is -0.396. The number of nitrogens with one attached hydrogen (secondary N) is 1. The number of rotatable bonds is 1. The smallest absolute Gasteiger partial charge is 0.143 e. The van der Waals surface area contributed by atoms with Crippen LogP contribution in [-0.2, 0) is 0 Å². The maximum absolute atomic E-state index is 13.8. The molecule has 1 N–H and O–H groups in total. The van der Waals surface area contributed by atoms with Crippen molar-refractivity contribution in [2.45, 2.75) is 19.4 Å². The Kier molecular flexibility index (Phi) is 4.19. The van der Waals surface area contributed by atoms with Gasteiger partial charge >= 0.3 is 0 Å². The van der Waals surface area contributed by atoms with Gasteiger partial charge in [0, 0.05) is 23.5 Å². The van der Waals surface area contributed by atoms with Gasteiger partial charge in [-0.2, -0.15) is 0 Å². The average molecular weight is 302 g/mol. The quantitative estimate of drug-likeness (QED) is 0.844. The molecule has 0 saturated carbocycles. The van der Waals surface area contributed by atoms with Crippen molar-refractivity contribution in [3.05, 3.63) is 40.9 Å². The highest BCUT2D eigenvalue weighted by Gasteiger charge is 2.19. The Balaban J connectivity index is 0.00000133. The number of fused-ring (bicyclic) bond motifs is 1. The van der Waals surface area contributed by atoms with Gasteiger partial charge in [0.05, 0.1) is 11.3 Å². The van der Waals surface area contributed by atoms with Gasteiger partial charge in [-0.15, -0.1) is 12.4 Å². The number of hydrogen-bond donors (Lipinski definition) is 1. The molecule has 1 unspecified atom stereocenters. The average Bonchev–Trinajstić information content (AvgIpc) is 2.83. The van der Waals surface area contributed by atoms with Gasteiger partial charge < -0.3 is 9.73 Å². The van der Waals surface area contributed by atoms with Crippen molar-refractivity contribution in [1.29, 1.82) is 0 Å². The van der Waals surface area contributed by atoms with Crippen LogP contribution in [0.1, 0.15) is 18.9 Å².